The van der Waals surface area contributed by atoms with E-state index in [4.69, 9.17) is 5.11 Å². The summed E-state index contributed by atoms with van der Waals surface area (Å²) in [7, 11) is 0. The summed E-state index contributed by atoms with van der Waals surface area (Å²) >= 11 is 0. The normalized spacial score (nSPS) is 18.2. The van der Waals surface area contributed by atoms with Crippen molar-refractivity contribution in [3.05, 3.63) is 58.7 Å². The number of imide groups is 1. The van der Waals surface area contributed by atoms with Crippen molar-refractivity contribution >= 4 is 12.0 Å². The number of nitrogens with zero attached hydrogens (tertiary/aromatic N) is 1. The summed E-state index contributed by atoms with van der Waals surface area (Å²) in [4.78, 5) is 24.0. The van der Waals surface area contributed by atoms with Crippen LogP contribution in [-0.2, 0) is 4.79 Å². The number of carboxylic acid groups (broad SMARTS) is 1. The quantitative estimate of drug-likeness (QED) is 0.405. The van der Waals surface area contributed by atoms with Gasteiger partial charge in [0.1, 0.15) is 0 Å². The topological polar surface area (TPSA) is 57.6 Å². The molecule has 0 saturated carbocycles. The van der Waals surface area contributed by atoms with E-state index in [1.165, 1.54) is 36.5 Å². The van der Waals surface area contributed by atoms with Gasteiger partial charge in [0, 0.05) is 12.6 Å². The predicted octanol–water partition coefficient (Wildman–Crippen LogP) is 6.43. The molecule has 1 aliphatic carbocycles. The van der Waals surface area contributed by atoms with E-state index in [0.717, 1.165) is 10.5 Å². The number of rotatable bonds is 7. The van der Waals surface area contributed by atoms with Gasteiger partial charge in [0.2, 0.25) is 0 Å². The zero-order chi connectivity index (χ0) is 21.3. The Morgan fingerprint density at radius 2 is 1.86 bits per heavy atom. The highest BCUT2D eigenvalue weighted by Gasteiger charge is 2.26. The molecule has 4 heteroatoms. The molecule has 154 valence electrons. The summed E-state index contributed by atoms with van der Waals surface area (Å²) in [5.41, 5.74) is 4.97. The smallest absolute Gasteiger partial charge is 0.414 e. The first-order valence-corrected chi connectivity index (χ1v) is 10.0. The highest BCUT2D eigenvalue weighted by atomic mass is 16.4. The maximum atomic E-state index is 12.1. The minimum Gasteiger partial charge on any atom is -0.465 e. The zero-order valence-corrected chi connectivity index (χ0v) is 18.2. The van der Waals surface area contributed by atoms with Crippen LogP contribution in [-0.4, -0.2) is 28.6 Å². The van der Waals surface area contributed by atoms with Crippen LogP contribution in [0.1, 0.15) is 67.2 Å². The molecule has 0 aromatic carbocycles. The Morgan fingerprint density at radius 3 is 2.43 bits per heavy atom. The molecule has 0 heterocycles. The van der Waals surface area contributed by atoms with Crippen molar-refractivity contribution in [3.8, 4) is 0 Å². The first-order chi connectivity index (χ1) is 13.1. The summed E-state index contributed by atoms with van der Waals surface area (Å²) in [6.45, 7) is 12.7. The monoisotopic (exact) mass is 385 g/mol. The highest BCUT2D eigenvalue weighted by Crippen LogP contribution is 2.40. The number of hydrogen-bond acceptors (Lipinski definition) is 2. The molecule has 0 aromatic rings. The number of hydrogen-bond donors (Lipinski definition) is 1. The summed E-state index contributed by atoms with van der Waals surface area (Å²) in [5, 5.41) is 9.10. The van der Waals surface area contributed by atoms with Crippen LogP contribution >= 0.6 is 0 Å². The highest BCUT2D eigenvalue weighted by molar-refractivity contribution is 5.98. The molecule has 0 atom stereocenters. The van der Waals surface area contributed by atoms with Crippen LogP contribution in [0.25, 0.3) is 0 Å². The van der Waals surface area contributed by atoms with Crippen molar-refractivity contribution in [2.75, 3.05) is 6.54 Å². The molecule has 0 unspecified atom stereocenters. The summed E-state index contributed by atoms with van der Waals surface area (Å²) in [5.74, 6) is -0.501. The number of carbonyl (C=O) groups excluding carboxylic acids is 1. The van der Waals surface area contributed by atoms with Crippen molar-refractivity contribution in [3.63, 3.8) is 0 Å². The van der Waals surface area contributed by atoms with Gasteiger partial charge in [-0.05, 0) is 63.0 Å². The van der Waals surface area contributed by atoms with Gasteiger partial charge in [-0.3, -0.25) is 4.79 Å². The lowest BCUT2D eigenvalue weighted by atomic mass is 9.72. The van der Waals surface area contributed by atoms with Gasteiger partial charge in [0.15, 0.2) is 0 Å². The van der Waals surface area contributed by atoms with Crippen molar-refractivity contribution in [2.45, 2.75) is 67.2 Å². The van der Waals surface area contributed by atoms with Gasteiger partial charge in [0.25, 0.3) is 5.91 Å². The van der Waals surface area contributed by atoms with E-state index in [1.807, 2.05) is 32.1 Å². The van der Waals surface area contributed by atoms with Gasteiger partial charge in [-0.25, -0.2) is 9.69 Å². The fourth-order valence-electron chi connectivity index (χ4n) is 3.48. The Kier molecular flexibility index (Phi) is 9.17. The third kappa shape index (κ3) is 7.34. The Balaban J connectivity index is 2.80. The molecule has 0 spiro atoms. The summed E-state index contributed by atoms with van der Waals surface area (Å²) in [6, 6.07) is 0. The van der Waals surface area contributed by atoms with Crippen molar-refractivity contribution in [2.24, 2.45) is 5.41 Å². The first-order valence-electron chi connectivity index (χ1n) is 10.0. The Labute approximate surface area is 170 Å². The van der Waals surface area contributed by atoms with Gasteiger partial charge in [-0.2, -0.15) is 0 Å². The van der Waals surface area contributed by atoms with E-state index in [1.54, 1.807) is 6.92 Å². The molecule has 1 aliphatic rings. The van der Waals surface area contributed by atoms with Gasteiger partial charge in [0.05, 0.1) is 0 Å². The molecule has 0 aromatic heterocycles. The van der Waals surface area contributed by atoms with Crippen LogP contribution in [0, 0.1) is 5.41 Å². The van der Waals surface area contributed by atoms with Crippen LogP contribution in [0.5, 0.6) is 0 Å². The Hall–Kier alpha value is -2.36. The van der Waals surface area contributed by atoms with Crippen LogP contribution in [0.4, 0.5) is 4.79 Å². The molecular weight excluding hydrogens is 350 g/mol. The summed E-state index contributed by atoms with van der Waals surface area (Å²) in [6.07, 6.45) is 14.5. The van der Waals surface area contributed by atoms with Crippen LogP contribution < -0.4 is 0 Å². The SMILES string of the molecule is CCCN(C(=O)O)C(=O)C=C(C)C=CC=C(C)C=CC1=C(C)CCCC1(C)C. The largest absolute Gasteiger partial charge is 0.465 e. The standard InChI is InChI=1S/C24H35NO3/c1-7-16-25(23(27)28)22(26)17-19(3)11-8-10-18(2)13-14-21-20(4)12-9-15-24(21,5)6/h8,10-11,13-14,17H,7,9,12,15-16H2,1-6H3,(H,27,28). The molecule has 28 heavy (non-hydrogen) atoms. The van der Waals surface area contributed by atoms with Gasteiger partial charge >= 0.3 is 6.09 Å². The second-order valence-corrected chi connectivity index (χ2v) is 8.20. The molecule has 0 saturated heterocycles. The van der Waals surface area contributed by atoms with Crippen LogP contribution in [0.3, 0.4) is 0 Å². The summed E-state index contributed by atoms with van der Waals surface area (Å²) < 4.78 is 0. The molecular formula is C24H35NO3. The third-order valence-electron chi connectivity index (χ3n) is 5.07. The predicted molar refractivity (Wildman–Crippen MR) is 116 cm³/mol. The van der Waals surface area contributed by atoms with E-state index < -0.39 is 12.0 Å². The fourth-order valence-corrected chi connectivity index (χ4v) is 3.48. The zero-order valence-electron chi connectivity index (χ0n) is 18.2. The Morgan fingerprint density at radius 1 is 1.18 bits per heavy atom. The van der Waals surface area contributed by atoms with Crippen LogP contribution in [0.15, 0.2) is 58.7 Å². The fraction of sp³-hybridized carbons (Fsp3) is 0.500. The molecule has 0 bridgehead atoms. The second-order valence-electron chi connectivity index (χ2n) is 8.20. The number of carbonyl (C=O) groups is 2. The lowest BCUT2D eigenvalue weighted by Crippen LogP contribution is -2.35. The average molecular weight is 386 g/mol. The third-order valence-corrected chi connectivity index (χ3v) is 5.07. The van der Waals surface area contributed by atoms with E-state index in [9.17, 15) is 9.59 Å². The van der Waals surface area contributed by atoms with Gasteiger partial charge in [-0.15, -0.1) is 0 Å². The van der Waals surface area contributed by atoms with Gasteiger partial charge < -0.3 is 5.11 Å². The maximum absolute atomic E-state index is 12.1. The van der Waals surface area contributed by atoms with E-state index >= 15 is 0 Å². The molecule has 0 radical (unpaired) electrons. The molecule has 2 amide bonds. The molecule has 0 fully saturated rings. The second kappa shape index (κ2) is 10.8. The molecule has 0 aliphatic heterocycles. The molecule has 1 rings (SSSR count). The lowest BCUT2D eigenvalue weighted by Gasteiger charge is -2.32. The van der Waals surface area contributed by atoms with Crippen molar-refractivity contribution < 1.29 is 14.7 Å². The van der Waals surface area contributed by atoms with Crippen molar-refractivity contribution in [1.29, 1.82) is 0 Å². The minimum absolute atomic E-state index is 0.205. The Bertz CT molecular complexity index is 733. The van der Waals surface area contributed by atoms with E-state index in [2.05, 4.69) is 32.9 Å². The average Bonchev–Trinajstić information content (AvgIpc) is 2.58. The van der Waals surface area contributed by atoms with Crippen LogP contribution in [0.2, 0.25) is 0 Å². The van der Waals surface area contributed by atoms with Crippen molar-refractivity contribution in [1.82, 2.24) is 4.90 Å². The number of amides is 2. The minimum atomic E-state index is -1.21. The number of allylic oxidation sites excluding steroid dienone is 9. The van der Waals surface area contributed by atoms with E-state index in [-0.39, 0.29) is 12.0 Å². The van der Waals surface area contributed by atoms with Gasteiger partial charge in [-0.1, -0.05) is 62.3 Å². The van der Waals surface area contributed by atoms with E-state index in [0.29, 0.717) is 12.0 Å². The maximum Gasteiger partial charge on any atom is 0.414 e. The first kappa shape index (κ1) is 23.7. The molecule has 1 N–H and O–H groups in total. The molecule has 4 nitrogen and oxygen atoms in total. The lowest BCUT2D eigenvalue weighted by molar-refractivity contribution is -0.124.